The minimum Gasteiger partial charge on any atom is -0.497 e. The first kappa shape index (κ1) is 12.2. The first-order valence-corrected chi connectivity index (χ1v) is 5.96. The molecule has 6 heteroatoms. The number of H-pyrrole nitrogens is 1. The number of ether oxygens (including phenoxy) is 1. The predicted molar refractivity (Wildman–Crippen MR) is 74.7 cm³/mol. The van der Waals surface area contributed by atoms with Crippen LogP contribution in [0, 0.1) is 10.1 Å². The summed E-state index contributed by atoms with van der Waals surface area (Å²) in [7, 11) is 1.47. The van der Waals surface area contributed by atoms with Gasteiger partial charge >= 0.3 is 0 Å². The molecule has 100 valence electrons. The highest BCUT2D eigenvalue weighted by Crippen LogP contribution is 2.32. The van der Waals surface area contributed by atoms with Crippen LogP contribution in [0.1, 0.15) is 0 Å². The molecule has 2 aromatic carbocycles. The van der Waals surface area contributed by atoms with Crippen molar-refractivity contribution in [1.82, 2.24) is 9.97 Å². The topological polar surface area (TPSA) is 81.0 Å². The summed E-state index contributed by atoms with van der Waals surface area (Å²) in [6.07, 6.45) is 0. The molecule has 0 fully saturated rings. The first-order chi connectivity index (χ1) is 9.69. The number of hydrogen-bond donors (Lipinski definition) is 1. The van der Waals surface area contributed by atoms with Gasteiger partial charge in [0.25, 0.3) is 5.69 Å². The van der Waals surface area contributed by atoms with E-state index in [1.807, 2.05) is 24.3 Å². The van der Waals surface area contributed by atoms with Gasteiger partial charge in [0, 0.05) is 0 Å². The molecule has 0 atom stereocenters. The Hall–Kier alpha value is -2.89. The average Bonchev–Trinajstić information content (AvgIpc) is 2.90. The highest BCUT2D eigenvalue weighted by molar-refractivity contribution is 5.81. The number of nitrogens with zero attached hydrogens (tertiary/aromatic N) is 2. The summed E-state index contributed by atoms with van der Waals surface area (Å²) < 4.78 is 5.02. The smallest absolute Gasteiger partial charge is 0.284 e. The van der Waals surface area contributed by atoms with Crippen LogP contribution < -0.4 is 4.74 Å². The van der Waals surface area contributed by atoms with Crippen LogP contribution in [0.2, 0.25) is 0 Å². The number of hydrogen-bond acceptors (Lipinski definition) is 4. The second-order valence-corrected chi connectivity index (χ2v) is 4.24. The summed E-state index contributed by atoms with van der Waals surface area (Å²) in [5.41, 5.74) is 2.01. The van der Waals surface area contributed by atoms with Crippen molar-refractivity contribution >= 4 is 16.7 Å². The lowest BCUT2D eigenvalue weighted by molar-refractivity contribution is -0.384. The Kier molecular flexibility index (Phi) is 2.83. The molecule has 0 unspecified atom stereocenters. The Morgan fingerprint density at radius 2 is 2.05 bits per heavy atom. The zero-order chi connectivity index (χ0) is 14.1. The van der Waals surface area contributed by atoms with Crippen LogP contribution in [-0.4, -0.2) is 22.0 Å². The van der Waals surface area contributed by atoms with E-state index in [1.54, 1.807) is 12.1 Å². The molecule has 0 aliphatic rings. The molecule has 0 saturated heterocycles. The lowest BCUT2D eigenvalue weighted by atomic mass is 10.1. The van der Waals surface area contributed by atoms with E-state index >= 15 is 0 Å². The van der Waals surface area contributed by atoms with Crippen LogP contribution in [0.3, 0.4) is 0 Å². The maximum Gasteiger partial charge on any atom is 0.284 e. The third-order valence-corrected chi connectivity index (χ3v) is 3.05. The monoisotopic (exact) mass is 269 g/mol. The lowest BCUT2D eigenvalue weighted by Gasteiger charge is -2.03. The maximum atomic E-state index is 11.2. The van der Waals surface area contributed by atoms with Crippen LogP contribution in [0.5, 0.6) is 5.75 Å². The van der Waals surface area contributed by atoms with Gasteiger partial charge in [-0.3, -0.25) is 10.1 Å². The molecule has 3 aromatic rings. The highest BCUT2D eigenvalue weighted by atomic mass is 16.6. The number of fused-ring (bicyclic) bond motifs is 1. The third kappa shape index (κ3) is 1.97. The molecule has 6 nitrogen and oxygen atoms in total. The van der Waals surface area contributed by atoms with E-state index in [0.29, 0.717) is 17.1 Å². The van der Waals surface area contributed by atoms with Crippen LogP contribution in [-0.2, 0) is 0 Å². The number of imidazole rings is 1. The van der Waals surface area contributed by atoms with Crippen molar-refractivity contribution in [3.63, 3.8) is 0 Å². The van der Waals surface area contributed by atoms with Crippen molar-refractivity contribution in [3.8, 4) is 17.1 Å². The normalized spacial score (nSPS) is 10.7. The first-order valence-electron chi connectivity index (χ1n) is 5.96. The van der Waals surface area contributed by atoms with Crippen molar-refractivity contribution in [2.45, 2.75) is 0 Å². The van der Waals surface area contributed by atoms with Gasteiger partial charge in [0.05, 0.1) is 34.7 Å². The number of nitro benzene ring substituents is 1. The van der Waals surface area contributed by atoms with E-state index in [0.717, 1.165) is 11.0 Å². The van der Waals surface area contributed by atoms with Gasteiger partial charge in [-0.1, -0.05) is 12.1 Å². The van der Waals surface area contributed by atoms with Crippen molar-refractivity contribution in [2.75, 3.05) is 7.11 Å². The molecule has 0 bridgehead atoms. The lowest BCUT2D eigenvalue weighted by Crippen LogP contribution is -1.94. The van der Waals surface area contributed by atoms with Gasteiger partial charge in [0.1, 0.15) is 11.6 Å². The molecular formula is C14H11N3O3. The number of aromatic nitrogens is 2. The summed E-state index contributed by atoms with van der Waals surface area (Å²) in [5, 5.41) is 11.2. The quantitative estimate of drug-likeness (QED) is 0.585. The molecule has 0 saturated carbocycles. The molecule has 0 aliphatic carbocycles. The van der Waals surface area contributed by atoms with E-state index in [1.165, 1.54) is 13.2 Å². The summed E-state index contributed by atoms with van der Waals surface area (Å²) >= 11 is 0. The summed E-state index contributed by atoms with van der Waals surface area (Å²) in [4.78, 5) is 18.2. The largest absolute Gasteiger partial charge is 0.497 e. The van der Waals surface area contributed by atoms with Gasteiger partial charge in [-0.05, 0) is 24.3 Å². The Bertz CT molecular complexity index is 762. The number of para-hydroxylation sites is 2. The zero-order valence-corrected chi connectivity index (χ0v) is 10.7. The van der Waals surface area contributed by atoms with Crippen LogP contribution in [0.15, 0.2) is 42.5 Å². The van der Waals surface area contributed by atoms with Gasteiger partial charge in [-0.25, -0.2) is 4.98 Å². The minimum absolute atomic E-state index is 0.0385. The number of rotatable bonds is 3. The van der Waals surface area contributed by atoms with Crippen molar-refractivity contribution in [1.29, 1.82) is 0 Å². The van der Waals surface area contributed by atoms with E-state index < -0.39 is 4.92 Å². The second kappa shape index (κ2) is 4.65. The molecule has 1 N–H and O–H groups in total. The fourth-order valence-corrected chi connectivity index (χ4v) is 2.07. The third-order valence-electron chi connectivity index (χ3n) is 3.05. The van der Waals surface area contributed by atoms with Gasteiger partial charge < -0.3 is 9.72 Å². The number of nitrogens with one attached hydrogen (secondary N) is 1. The highest BCUT2D eigenvalue weighted by Gasteiger charge is 2.19. The molecule has 0 spiro atoms. The summed E-state index contributed by atoms with van der Waals surface area (Å²) in [6.45, 7) is 0. The van der Waals surface area contributed by atoms with Gasteiger partial charge in [-0.15, -0.1) is 0 Å². The molecular weight excluding hydrogens is 258 g/mol. The molecule has 0 aliphatic heterocycles. The molecule has 3 rings (SSSR count). The molecule has 0 radical (unpaired) electrons. The Labute approximate surface area is 114 Å². The Morgan fingerprint density at radius 1 is 1.25 bits per heavy atom. The number of nitro groups is 1. The van der Waals surface area contributed by atoms with Crippen molar-refractivity contribution in [2.24, 2.45) is 0 Å². The molecule has 0 amide bonds. The van der Waals surface area contributed by atoms with Gasteiger partial charge in [0.15, 0.2) is 0 Å². The van der Waals surface area contributed by atoms with Crippen molar-refractivity contribution < 1.29 is 9.66 Å². The van der Waals surface area contributed by atoms with E-state index in [9.17, 15) is 10.1 Å². The zero-order valence-electron chi connectivity index (χ0n) is 10.7. The standard InChI is InChI=1S/C14H11N3O3/c1-20-9-6-7-10(13(8-9)17(18)19)14-15-11-4-2-3-5-12(11)16-14/h2-8H,1H3,(H,15,16). The second-order valence-electron chi connectivity index (χ2n) is 4.24. The molecule has 1 heterocycles. The van der Waals surface area contributed by atoms with Crippen LogP contribution in [0.25, 0.3) is 22.4 Å². The minimum atomic E-state index is -0.439. The molecule has 1 aromatic heterocycles. The summed E-state index contributed by atoms with van der Waals surface area (Å²) in [6, 6.07) is 12.2. The maximum absolute atomic E-state index is 11.2. The number of aromatic amines is 1. The van der Waals surface area contributed by atoms with Gasteiger partial charge in [-0.2, -0.15) is 0 Å². The van der Waals surface area contributed by atoms with E-state index in [4.69, 9.17) is 4.74 Å². The van der Waals surface area contributed by atoms with Crippen LogP contribution >= 0.6 is 0 Å². The predicted octanol–water partition coefficient (Wildman–Crippen LogP) is 3.15. The van der Waals surface area contributed by atoms with Crippen molar-refractivity contribution in [3.05, 3.63) is 52.6 Å². The Balaban J connectivity index is 2.20. The fraction of sp³-hybridized carbons (Fsp3) is 0.0714. The summed E-state index contributed by atoms with van der Waals surface area (Å²) in [5.74, 6) is 0.914. The van der Waals surface area contributed by atoms with E-state index in [2.05, 4.69) is 9.97 Å². The van der Waals surface area contributed by atoms with Crippen LogP contribution in [0.4, 0.5) is 5.69 Å². The average molecular weight is 269 g/mol. The van der Waals surface area contributed by atoms with E-state index in [-0.39, 0.29) is 5.69 Å². The Morgan fingerprint density at radius 3 is 2.75 bits per heavy atom. The SMILES string of the molecule is COc1ccc(-c2nc3ccccc3[nH]2)c([N+](=O)[O-])c1. The number of methoxy groups -OCH3 is 1. The number of benzene rings is 2. The molecule has 20 heavy (non-hydrogen) atoms. The fourth-order valence-electron chi connectivity index (χ4n) is 2.07. The van der Waals surface area contributed by atoms with Gasteiger partial charge in [0.2, 0.25) is 0 Å².